The van der Waals surface area contributed by atoms with E-state index in [9.17, 15) is 24.6 Å². The van der Waals surface area contributed by atoms with Crippen LogP contribution in [0.2, 0.25) is 0 Å². The minimum absolute atomic E-state index is 0.315. The Morgan fingerprint density at radius 3 is 2.10 bits per heavy atom. The van der Waals surface area contributed by atoms with Gasteiger partial charge in [-0.05, 0) is 18.6 Å². The van der Waals surface area contributed by atoms with Crippen LogP contribution in [0.4, 0.5) is 0 Å². The topological polar surface area (TPSA) is 144 Å². The second-order valence-electron chi connectivity index (χ2n) is 3.97. The quantitative estimate of drug-likeness (QED) is 0.499. The highest BCUT2D eigenvalue weighted by Gasteiger charge is 2.24. The van der Waals surface area contributed by atoms with Crippen molar-refractivity contribution < 1.29 is 34.8 Å². The predicted octanol–water partition coefficient (Wildman–Crippen LogP) is 0.146. The zero-order valence-electron chi connectivity index (χ0n) is 10.2. The van der Waals surface area contributed by atoms with Crippen molar-refractivity contribution in [1.29, 1.82) is 0 Å². The van der Waals surface area contributed by atoms with Crippen molar-refractivity contribution in [3.05, 3.63) is 23.8 Å². The third-order valence-corrected chi connectivity index (χ3v) is 2.50. The lowest BCUT2D eigenvalue weighted by Gasteiger charge is -2.14. The summed E-state index contributed by atoms with van der Waals surface area (Å²) in [6.07, 6.45) is -0.755. The summed E-state index contributed by atoms with van der Waals surface area (Å²) in [5, 5.41) is 38.4. The Labute approximate surface area is 113 Å². The Morgan fingerprint density at radius 2 is 1.65 bits per heavy atom. The third kappa shape index (κ3) is 3.87. The van der Waals surface area contributed by atoms with E-state index in [0.29, 0.717) is 0 Å². The van der Waals surface area contributed by atoms with Crippen LogP contribution in [0.1, 0.15) is 23.2 Å². The molecule has 0 radical (unpaired) electrons. The van der Waals surface area contributed by atoms with Crippen molar-refractivity contribution in [1.82, 2.24) is 5.32 Å². The number of aromatic hydroxyl groups is 2. The summed E-state index contributed by atoms with van der Waals surface area (Å²) in [7, 11) is 0. The van der Waals surface area contributed by atoms with E-state index in [4.69, 9.17) is 10.2 Å². The van der Waals surface area contributed by atoms with E-state index >= 15 is 0 Å². The normalized spacial score (nSPS) is 11.6. The Balaban J connectivity index is 2.86. The largest absolute Gasteiger partial charge is 0.507 e. The number of amides is 1. The fraction of sp³-hybridized carbons (Fsp3) is 0.250. The summed E-state index contributed by atoms with van der Waals surface area (Å²) in [4.78, 5) is 33.1. The van der Waals surface area contributed by atoms with Gasteiger partial charge in [-0.25, -0.2) is 4.79 Å². The molecule has 1 amide bonds. The number of aliphatic carboxylic acids is 2. The van der Waals surface area contributed by atoms with Crippen LogP contribution in [0, 0.1) is 0 Å². The van der Waals surface area contributed by atoms with Gasteiger partial charge in [0.15, 0.2) is 0 Å². The number of rotatable bonds is 6. The van der Waals surface area contributed by atoms with Gasteiger partial charge < -0.3 is 25.7 Å². The minimum Gasteiger partial charge on any atom is -0.507 e. The van der Waals surface area contributed by atoms with Gasteiger partial charge in [0.1, 0.15) is 23.1 Å². The summed E-state index contributed by atoms with van der Waals surface area (Å²) in [6.45, 7) is 0. The molecular formula is C12H13NO7. The molecule has 20 heavy (non-hydrogen) atoms. The molecule has 1 aromatic carbocycles. The predicted molar refractivity (Wildman–Crippen MR) is 65.5 cm³/mol. The number of carboxylic acids is 2. The molecule has 0 aliphatic heterocycles. The average Bonchev–Trinajstić information content (AvgIpc) is 2.33. The lowest BCUT2D eigenvalue weighted by atomic mass is 10.1. The Hall–Kier alpha value is -2.77. The van der Waals surface area contributed by atoms with Crippen LogP contribution in [0.5, 0.6) is 11.5 Å². The summed E-state index contributed by atoms with van der Waals surface area (Å²) in [6, 6.07) is 2.18. The molecule has 0 aromatic heterocycles. The van der Waals surface area contributed by atoms with Crippen molar-refractivity contribution in [2.45, 2.75) is 18.9 Å². The summed E-state index contributed by atoms with van der Waals surface area (Å²) >= 11 is 0. The number of carbonyl (C=O) groups is 3. The van der Waals surface area contributed by atoms with Gasteiger partial charge >= 0.3 is 11.9 Å². The molecule has 0 spiro atoms. The zero-order chi connectivity index (χ0) is 15.3. The summed E-state index contributed by atoms with van der Waals surface area (Å²) in [5.41, 5.74) is -0.464. The van der Waals surface area contributed by atoms with Crippen LogP contribution in [-0.4, -0.2) is 44.3 Å². The molecule has 8 heteroatoms. The number of hydrogen-bond acceptors (Lipinski definition) is 5. The van der Waals surface area contributed by atoms with Crippen LogP contribution in [-0.2, 0) is 9.59 Å². The number of carboxylic acid groups (broad SMARTS) is 2. The maximum Gasteiger partial charge on any atom is 0.326 e. The molecule has 0 bridgehead atoms. The molecule has 1 unspecified atom stereocenters. The SMILES string of the molecule is O=C(O)CCC(NC(=O)c1c(O)cccc1O)C(=O)O. The third-order valence-electron chi connectivity index (χ3n) is 2.50. The second-order valence-corrected chi connectivity index (χ2v) is 3.97. The number of carbonyl (C=O) groups excluding carboxylic acids is 1. The molecule has 1 aromatic rings. The number of benzene rings is 1. The van der Waals surface area contributed by atoms with Gasteiger partial charge in [0.2, 0.25) is 0 Å². The van der Waals surface area contributed by atoms with E-state index in [0.717, 1.165) is 12.1 Å². The highest BCUT2D eigenvalue weighted by molar-refractivity contribution is 6.01. The lowest BCUT2D eigenvalue weighted by molar-refractivity contribution is -0.140. The first-order valence-corrected chi connectivity index (χ1v) is 5.59. The van der Waals surface area contributed by atoms with E-state index in [-0.39, 0.29) is 6.42 Å². The number of nitrogens with one attached hydrogen (secondary N) is 1. The van der Waals surface area contributed by atoms with E-state index < -0.39 is 47.4 Å². The summed E-state index contributed by atoms with van der Waals surface area (Å²) in [5.74, 6) is -4.63. The van der Waals surface area contributed by atoms with Gasteiger partial charge in [-0.3, -0.25) is 9.59 Å². The first-order valence-electron chi connectivity index (χ1n) is 5.59. The minimum atomic E-state index is -1.43. The van der Waals surface area contributed by atoms with E-state index in [1.54, 1.807) is 0 Å². The molecule has 0 heterocycles. The molecule has 5 N–H and O–H groups in total. The van der Waals surface area contributed by atoms with Gasteiger partial charge in [-0.1, -0.05) is 6.07 Å². The lowest BCUT2D eigenvalue weighted by Crippen LogP contribution is -2.41. The molecule has 0 fully saturated rings. The molecule has 108 valence electrons. The maximum atomic E-state index is 11.8. The fourth-order valence-electron chi connectivity index (χ4n) is 1.52. The Morgan fingerprint density at radius 1 is 1.10 bits per heavy atom. The van der Waals surface area contributed by atoms with Crippen molar-refractivity contribution in [2.75, 3.05) is 0 Å². The zero-order valence-corrected chi connectivity index (χ0v) is 10.2. The van der Waals surface area contributed by atoms with Crippen LogP contribution in [0.25, 0.3) is 0 Å². The van der Waals surface area contributed by atoms with Crippen LogP contribution in [0.15, 0.2) is 18.2 Å². The second kappa shape index (κ2) is 6.41. The van der Waals surface area contributed by atoms with Crippen molar-refractivity contribution in [3.63, 3.8) is 0 Å². The van der Waals surface area contributed by atoms with Gasteiger partial charge in [-0.15, -0.1) is 0 Å². The van der Waals surface area contributed by atoms with Gasteiger partial charge in [-0.2, -0.15) is 0 Å². The maximum absolute atomic E-state index is 11.8. The summed E-state index contributed by atoms with van der Waals surface area (Å²) < 4.78 is 0. The first kappa shape index (κ1) is 15.3. The van der Waals surface area contributed by atoms with Gasteiger partial charge in [0, 0.05) is 6.42 Å². The highest BCUT2D eigenvalue weighted by Crippen LogP contribution is 2.26. The van der Waals surface area contributed by atoms with Gasteiger partial charge in [0.25, 0.3) is 5.91 Å². The molecular weight excluding hydrogens is 270 g/mol. The molecule has 0 aliphatic carbocycles. The van der Waals surface area contributed by atoms with E-state index in [2.05, 4.69) is 0 Å². The molecule has 0 saturated carbocycles. The van der Waals surface area contributed by atoms with Gasteiger partial charge in [0.05, 0.1) is 0 Å². The van der Waals surface area contributed by atoms with Crippen molar-refractivity contribution >= 4 is 17.8 Å². The number of hydrogen-bond donors (Lipinski definition) is 5. The molecule has 1 rings (SSSR count). The van der Waals surface area contributed by atoms with E-state index in [1.165, 1.54) is 6.07 Å². The monoisotopic (exact) mass is 283 g/mol. The van der Waals surface area contributed by atoms with E-state index in [1.807, 2.05) is 5.32 Å². The van der Waals surface area contributed by atoms with Crippen LogP contribution < -0.4 is 5.32 Å². The smallest absolute Gasteiger partial charge is 0.326 e. The molecule has 8 nitrogen and oxygen atoms in total. The van der Waals surface area contributed by atoms with Crippen molar-refractivity contribution in [3.8, 4) is 11.5 Å². The number of phenolic OH excluding ortho intramolecular Hbond substituents is 2. The molecule has 1 atom stereocenters. The highest BCUT2D eigenvalue weighted by atomic mass is 16.4. The molecule has 0 aliphatic rings. The van der Waals surface area contributed by atoms with Crippen LogP contribution in [0.3, 0.4) is 0 Å². The standard InChI is InChI=1S/C12H13NO7/c14-7-2-1-3-8(15)10(7)11(18)13-6(12(19)20)4-5-9(16)17/h1-3,6,14-15H,4-5H2,(H,13,18)(H,16,17)(H,19,20). The average molecular weight is 283 g/mol. The van der Waals surface area contributed by atoms with Crippen molar-refractivity contribution in [2.24, 2.45) is 0 Å². The Kier molecular flexibility index (Phi) is 4.90. The molecule has 0 saturated heterocycles. The first-order chi connectivity index (χ1) is 9.32. The Bertz CT molecular complexity index is 520. The fourth-order valence-corrected chi connectivity index (χ4v) is 1.52. The van der Waals surface area contributed by atoms with Crippen LogP contribution >= 0.6 is 0 Å². The number of phenols is 2.